The van der Waals surface area contributed by atoms with Crippen molar-refractivity contribution in [3.8, 4) is 0 Å². The smallest absolute Gasteiger partial charge is 0.253 e. The Morgan fingerprint density at radius 1 is 1.10 bits per heavy atom. The van der Waals surface area contributed by atoms with Gasteiger partial charge in [0.25, 0.3) is 5.91 Å². The quantitative estimate of drug-likeness (QED) is 0.791. The van der Waals surface area contributed by atoms with Gasteiger partial charge in [-0.1, -0.05) is 23.2 Å². The van der Waals surface area contributed by atoms with Gasteiger partial charge in [-0.15, -0.1) is 11.6 Å². The van der Waals surface area contributed by atoms with E-state index < -0.39 is 0 Å². The van der Waals surface area contributed by atoms with Crippen LogP contribution in [0, 0.1) is 0 Å². The molecule has 1 aliphatic rings. The van der Waals surface area contributed by atoms with Crippen LogP contribution in [0.2, 0.25) is 10.0 Å². The zero-order chi connectivity index (χ0) is 14.5. The lowest BCUT2D eigenvalue weighted by Crippen LogP contribution is -2.35. The van der Waals surface area contributed by atoms with Gasteiger partial charge in [0.2, 0.25) is 0 Å². The first-order chi connectivity index (χ1) is 9.61. The molecule has 1 amide bonds. The van der Waals surface area contributed by atoms with Gasteiger partial charge in [-0.2, -0.15) is 0 Å². The number of amides is 1. The van der Waals surface area contributed by atoms with Crippen LogP contribution < -0.4 is 0 Å². The molecular weight excluding hydrogens is 319 g/mol. The van der Waals surface area contributed by atoms with Crippen molar-refractivity contribution in [1.82, 2.24) is 9.80 Å². The van der Waals surface area contributed by atoms with Crippen LogP contribution in [0.3, 0.4) is 0 Å². The SMILES string of the molecule is O=C(c1ccc(Cl)c(Cl)c1)N1CCCN(CCCl)CC1. The third kappa shape index (κ3) is 4.01. The molecule has 2 rings (SSSR count). The summed E-state index contributed by atoms with van der Waals surface area (Å²) in [6.45, 7) is 4.20. The number of hydrogen-bond donors (Lipinski definition) is 0. The molecule has 0 N–H and O–H groups in total. The topological polar surface area (TPSA) is 23.6 Å². The molecule has 1 aliphatic heterocycles. The maximum absolute atomic E-state index is 12.5. The maximum Gasteiger partial charge on any atom is 0.253 e. The van der Waals surface area contributed by atoms with Gasteiger partial charge < -0.3 is 9.80 Å². The Morgan fingerprint density at radius 3 is 2.60 bits per heavy atom. The third-order valence-electron chi connectivity index (χ3n) is 3.44. The van der Waals surface area contributed by atoms with Gasteiger partial charge in [-0.25, -0.2) is 0 Å². The van der Waals surface area contributed by atoms with E-state index in [0.29, 0.717) is 21.5 Å². The minimum Gasteiger partial charge on any atom is -0.337 e. The van der Waals surface area contributed by atoms with Crippen molar-refractivity contribution in [3.63, 3.8) is 0 Å². The van der Waals surface area contributed by atoms with Crippen molar-refractivity contribution < 1.29 is 4.79 Å². The molecule has 0 unspecified atom stereocenters. The largest absolute Gasteiger partial charge is 0.337 e. The molecule has 1 fully saturated rings. The van der Waals surface area contributed by atoms with E-state index in [-0.39, 0.29) is 5.91 Å². The predicted molar refractivity (Wildman–Crippen MR) is 84.1 cm³/mol. The van der Waals surface area contributed by atoms with Crippen LogP contribution in [0.15, 0.2) is 18.2 Å². The fraction of sp³-hybridized carbons (Fsp3) is 0.500. The van der Waals surface area contributed by atoms with E-state index in [1.165, 1.54) is 0 Å². The fourth-order valence-electron chi connectivity index (χ4n) is 2.33. The Kier molecular flexibility index (Phi) is 5.97. The number of hydrogen-bond acceptors (Lipinski definition) is 2. The van der Waals surface area contributed by atoms with E-state index in [2.05, 4.69) is 4.90 Å². The van der Waals surface area contributed by atoms with Crippen molar-refractivity contribution in [3.05, 3.63) is 33.8 Å². The normalized spacial score (nSPS) is 17.1. The monoisotopic (exact) mass is 334 g/mol. The van der Waals surface area contributed by atoms with E-state index in [4.69, 9.17) is 34.8 Å². The Hall–Kier alpha value is -0.480. The van der Waals surface area contributed by atoms with Crippen LogP contribution >= 0.6 is 34.8 Å². The molecule has 20 heavy (non-hydrogen) atoms. The van der Waals surface area contributed by atoms with Crippen LogP contribution in [0.4, 0.5) is 0 Å². The Morgan fingerprint density at radius 2 is 1.90 bits per heavy atom. The second kappa shape index (κ2) is 7.51. The minimum absolute atomic E-state index is 0.0105. The fourth-order valence-corrected chi connectivity index (χ4v) is 2.87. The lowest BCUT2D eigenvalue weighted by Gasteiger charge is -2.21. The molecule has 0 radical (unpaired) electrons. The Bertz CT molecular complexity index is 481. The van der Waals surface area contributed by atoms with Gasteiger partial charge in [-0.05, 0) is 31.2 Å². The molecule has 0 bridgehead atoms. The average molecular weight is 336 g/mol. The number of carbonyl (C=O) groups is 1. The van der Waals surface area contributed by atoms with E-state index in [9.17, 15) is 4.79 Å². The first-order valence-electron chi connectivity index (χ1n) is 6.64. The van der Waals surface area contributed by atoms with Crippen molar-refractivity contribution in [2.75, 3.05) is 38.6 Å². The van der Waals surface area contributed by atoms with Crippen LogP contribution in [-0.4, -0.2) is 54.3 Å². The number of alkyl halides is 1. The van der Waals surface area contributed by atoms with Gasteiger partial charge in [0.15, 0.2) is 0 Å². The molecule has 1 aromatic carbocycles. The molecule has 3 nitrogen and oxygen atoms in total. The van der Waals surface area contributed by atoms with Crippen LogP contribution in [0.5, 0.6) is 0 Å². The van der Waals surface area contributed by atoms with Gasteiger partial charge in [0.1, 0.15) is 0 Å². The second-order valence-corrected chi connectivity index (χ2v) is 6.00. The summed E-state index contributed by atoms with van der Waals surface area (Å²) in [6.07, 6.45) is 0.962. The number of nitrogens with zero attached hydrogens (tertiary/aromatic N) is 2. The van der Waals surface area contributed by atoms with Crippen LogP contribution in [0.1, 0.15) is 16.8 Å². The zero-order valence-corrected chi connectivity index (χ0v) is 13.4. The molecule has 1 aromatic rings. The molecule has 0 aliphatic carbocycles. The molecule has 0 aromatic heterocycles. The van der Waals surface area contributed by atoms with Gasteiger partial charge >= 0.3 is 0 Å². The summed E-state index contributed by atoms with van der Waals surface area (Å²) in [6, 6.07) is 5.01. The molecule has 110 valence electrons. The third-order valence-corrected chi connectivity index (χ3v) is 4.35. The lowest BCUT2D eigenvalue weighted by molar-refractivity contribution is 0.0762. The first-order valence-corrected chi connectivity index (χ1v) is 7.93. The molecule has 1 heterocycles. The molecule has 0 spiro atoms. The van der Waals surface area contributed by atoms with Crippen LogP contribution in [0.25, 0.3) is 0 Å². The summed E-state index contributed by atoms with van der Waals surface area (Å²) in [5.41, 5.74) is 0.588. The molecular formula is C14H17Cl3N2O. The number of rotatable bonds is 3. The Labute approximate surface area is 134 Å². The van der Waals surface area contributed by atoms with Crippen molar-refractivity contribution in [2.45, 2.75) is 6.42 Å². The second-order valence-electron chi connectivity index (χ2n) is 4.81. The summed E-state index contributed by atoms with van der Waals surface area (Å²) in [7, 11) is 0. The van der Waals surface area contributed by atoms with Gasteiger partial charge in [0, 0.05) is 37.6 Å². The summed E-state index contributed by atoms with van der Waals surface area (Å²) < 4.78 is 0. The predicted octanol–water partition coefficient (Wildman–Crippen LogP) is 3.38. The van der Waals surface area contributed by atoms with Crippen molar-refractivity contribution in [2.24, 2.45) is 0 Å². The first kappa shape index (κ1) is 15.9. The van der Waals surface area contributed by atoms with E-state index in [0.717, 1.165) is 39.1 Å². The lowest BCUT2D eigenvalue weighted by atomic mass is 10.2. The number of halogens is 3. The van der Waals surface area contributed by atoms with Crippen molar-refractivity contribution in [1.29, 1.82) is 0 Å². The molecule has 0 saturated carbocycles. The minimum atomic E-state index is 0.0105. The summed E-state index contributed by atoms with van der Waals surface area (Å²) in [5.74, 6) is 0.636. The van der Waals surface area contributed by atoms with Crippen molar-refractivity contribution >= 4 is 40.7 Å². The summed E-state index contributed by atoms with van der Waals surface area (Å²) in [5, 5.41) is 0.878. The molecule has 0 atom stereocenters. The summed E-state index contributed by atoms with van der Waals surface area (Å²) in [4.78, 5) is 16.6. The number of benzene rings is 1. The highest BCUT2D eigenvalue weighted by atomic mass is 35.5. The van der Waals surface area contributed by atoms with Crippen LogP contribution in [-0.2, 0) is 0 Å². The highest BCUT2D eigenvalue weighted by Crippen LogP contribution is 2.23. The van der Waals surface area contributed by atoms with E-state index in [1.807, 2.05) is 4.90 Å². The molecule has 6 heteroatoms. The van der Waals surface area contributed by atoms with Gasteiger partial charge in [-0.3, -0.25) is 4.79 Å². The van der Waals surface area contributed by atoms with E-state index in [1.54, 1.807) is 18.2 Å². The average Bonchev–Trinajstić information content (AvgIpc) is 2.67. The maximum atomic E-state index is 12.5. The van der Waals surface area contributed by atoms with E-state index >= 15 is 0 Å². The molecule has 1 saturated heterocycles. The zero-order valence-electron chi connectivity index (χ0n) is 11.1. The Balaban J connectivity index is 2.03. The number of carbonyl (C=O) groups excluding carboxylic acids is 1. The summed E-state index contributed by atoms with van der Waals surface area (Å²) >= 11 is 17.6. The highest BCUT2D eigenvalue weighted by molar-refractivity contribution is 6.42. The highest BCUT2D eigenvalue weighted by Gasteiger charge is 2.20. The standard InChI is InChI=1S/C14H17Cl3N2O/c15-4-7-18-5-1-6-19(9-8-18)14(20)11-2-3-12(16)13(17)10-11/h2-3,10H,1,4-9H2. The van der Waals surface area contributed by atoms with Gasteiger partial charge in [0.05, 0.1) is 10.0 Å².